The predicted molar refractivity (Wildman–Crippen MR) is 301 cm³/mol. The molecule has 0 saturated carbocycles. The van der Waals surface area contributed by atoms with Crippen LogP contribution in [0, 0.1) is 0 Å². The molecule has 402 valence electrons. The standard InChI is InChI=1S/C63H115NO5/c1-3-5-7-9-11-13-15-16-33-37-41-45-49-53-57-63(68)69-58-54-50-46-42-38-34-31-29-27-25-23-21-19-17-18-20-22-24-26-28-30-32-36-40-44-48-52-56-62(67)64-60(59-65)61(66)55-51-47-43-39-35-14-12-10-8-6-4-2/h9,11,15-18,21,23,51,55,60-61,65-66H,3-8,10,12-14,19-20,22,24-50,52-54,56-59H2,1-2H3,(H,64,67)/b11-9-,16-15-,18-17-,23-21-,55-51+. The van der Waals surface area contributed by atoms with E-state index in [4.69, 9.17) is 4.74 Å². The minimum Gasteiger partial charge on any atom is -0.466 e. The maximum Gasteiger partial charge on any atom is 0.305 e. The second kappa shape index (κ2) is 58.1. The van der Waals surface area contributed by atoms with Gasteiger partial charge >= 0.3 is 5.97 Å². The van der Waals surface area contributed by atoms with Gasteiger partial charge in [-0.1, -0.05) is 261 Å². The summed E-state index contributed by atoms with van der Waals surface area (Å²) in [6.45, 7) is 4.84. The number of aliphatic hydroxyl groups is 2. The second-order valence-corrected chi connectivity index (χ2v) is 20.3. The molecule has 6 nitrogen and oxygen atoms in total. The predicted octanol–water partition coefficient (Wildman–Crippen LogP) is 18.7. The first kappa shape index (κ1) is 66.6. The molecule has 0 fully saturated rings. The van der Waals surface area contributed by atoms with Crippen LogP contribution in [-0.4, -0.2) is 47.4 Å². The van der Waals surface area contributed by atoms with E-state index in [1.165, 1.54) is 218 Å². The summed E-state index contributed by atoms with van der Waals surface area (Å²) >= 11 is 0. The van der Waals surface area contributed by atoms with Crippen molar-refractivity contribution in [2.45, 2.75) is 315 Å². The van der Waals surface area contributed by atoms with Gasteiger partial charge in [0.1, 0.15) is 0 Å². The van der Waals surface area contributed by atoms with E-state index in [1.807, 2.05) is 6.08 Å². The number of esters is 1. The SMILES string of the molecule is CCCC/C=C\C/C=C\CCCCCCCC(=O)OCCCCCCCCCCC/C=C\C/C=C\CCCCCCCCCCCCCC(=O)NC(CO)C(O)/C=C/CCCCCCCCCCC. The molecule has 0 radical (unpaired) electrons. The Morgan fingerprint density at radius 1 is 0.406 bits per heavy atom. The molecule has 0 rings (SSSR count). The summed E-state index contributed by atoms with van der Waals surface area (Å²) in [6.07, 6.45) is 75.5. The Morgan fingerprint density at radius 2 is 0.739 bits per heavy atom. The molecule has 6 heteroatoms. The summed E-state index contributed by atoms with van der Waals surface area (Å²) in [4.78, 5) is 24.4. The minimum absolute atomic E-state index is 0.00524. The highest BCUT2D eigenvalue weighted by Gasteiger charge is 2.18. The van der Waals surface area contributed by atoms with Crippen LogP contribution in [0.15, 0.2) is 60.8 Å². The fourth-order valence-corrected chi connectivity index (χ4v) is 8.86. The number of unbranched alkanes of at least 4 members (excludes halogenated alkanes) is 36. The zero-order valence-corrected chi connectivity index (χ0v) is 45.8. The average molecular weight is 967 g/mol. The zero-order valence-electron chi connectivity index (χ0n) is 45.8. The van der Waals surface area contributed by atoms with Crippen LogP contribution in [0.4, 0.5) is 0 Å². The van der Waals surface area contributed by atoms with Crippen molar-refractivity contribution < 1.29 is 24.5 Å². The molecular weight excluding hydrogens is 851 g/mol. The molecule has 0 aliphatic rings. The monoisotopic (exact) mass is 966 g/mol. The fraction of sp³-hybridized carbons (Fsp3) is 0.810. The Hall–Kier alpha value is -2.44. The highest BCUT2D eigenvalue weighted by molar-refractivity contribution is 5.76. The number of rotatable bonds is 55. The Balaban J connectivity index is 3.44. The first-order valence-electron chi connectivity index (χ1n) is 30.1. The van der Waals surface area contributed by atoms with Gasteiger partial charge < -0.3 is 20.3 Å². The number of hydrogen-bond donors (Lipinski definition) is 3. The number of carbonyl (C=O) groups is 2. The summed E-state index contributed by atoms with van der Waals surface area (Å²) < 4.78 is 5.47. The van der Waals surface area contributed by atoms with E-state index in [0.29, 0.717) is 19.4 Å². The van der Waals surface area contributed by atoms with Crippen LogP contribution >= 0.6 is 0 Å². The Kier molecular flexibility index (Phi) is 56.1. The summed E-state index contributed by atoms with van der Waals surface area (Å²) in [7, 11) is 0. The van der Waals surface area contributed by atoms with Gasteiger partial charge in [-0.2, -0.15) is 0 Å². The lowest BCUT2D eigenvalue weighted by Gasteiger charge is -2.20. The van der Waals surface area contributed by atoms with Gasteiger partial charge in [0.15, 0.2) is 0 Å². The molecule has 0 aromatic carbocycles. The van der Waals surface area contributed by atoms with E-state index < -0.39 is 12.1 Å². The number of hydrogen-bond acceptors (Lipinski definition) is 5. The van der Waals surface area contributed by atoms with E-state index in [1.54, 1.807) is 6.08 Å². The lowest BCUT2D eigenvalue weighted by atomic mass is 10.0. The molecule has 2 unspecified atom stereocenters. The maximum atomic E-state index is 12.4. The Morgan fingerprint density at radius 3 is 1.14 bits per heavy atom. The Bertz CT molecular complexity index is 1210. The van der Waals surface area contributed by atoms with Crippen molar-refractivity contribution in [2.75, 3.05) is 13.2 Å². The van der Waals surface area contributed by atoms with Crippen molar-refractivity contribution in [3.63, 3.8) is 0 Å². The summed E-state index contributed by atoms with van der Waals surface area (Å²) in [5.41, 5.74) is 0. The van der Waals surface area contributed by atoms with Crippen LogP contribution in [-0.2, 0) is 14.3 Å². The average Bonchev–Trinajstić information content (AvgIpc) is 3.35. The fourth-order valence-electron chi connectivity index (χ4n) is 8.86. The van der Waals surface area contributed by atoms with Crippen LogP contribution in [0.3, 0.4) is 0 Å². The van der Waals surface area contributed by atoms with Crippen LogP contribution in [0.1, 0.15) is 303 Å². The third-order valence-corrected chi connectivity index (χ3v) is 13.5. The van der Waals surface area contributed by atoms with Crippen molar-refractivity contribution in [1.29, 1.82) is 0 Å². The van der Waals surface area contributed by atoms with Crippen molar-refractivity contribution in [3.05, 3.63) is 60.8 Å². The van der Waals surface area contributed by atoms with Crippen molar-refractivity contribution in [1.82, 2.24) is 5.32 Å². The van der Waals surface area contributed by atoms with Crippen molar-refractivity contribution in [3.8, 4) is 0 Å². The normalized spacial score (nSPS) is 13.0. The largest absolute Gasteiger partial charge is 0.466 e. The Labute approximate surface area is 428 Å². The first-order chi connectivity index (χ1) is 34.0. The molecule has 0 aromatic rings. The number of aliphatic hydroxyl groups excluding tert-OH is 2. The van der Waals surface area contributed by atoms with Crippen LogP contribution in [0.5, 0.6) is 0 Å². The molecule has 2 atom stereocenters. The van der Waals surface area contributed by atoms with Gasteiger partial charge in [0.25, 0.3) is 0 Å². The maximum absolute atomic E-state index is 12.4. The van der Waals surface area contributed by atoms with Crippen molar-refractivity contribution >= 4 is 11.9 Å². The van der Waals surface area contributed by atoms with Gasteiger partial charge in [0.2, 0.25) is 5.91 Å². The summed E-state index contributed by atoms with van der Waals surface area (Å²) in [5, 5.41) is 23.0. The summed E-state index contributed by atoms with van der Waals surface area (Å²) in [5.74, 6) is -0.0784. The third kappa shape index (κ3) is 54.7. The van der Waals surface area contributed by atoms with Crippen molar-refractivity contribution in [2.24, 2.45) is 0 Å². The molecule has 0 saturated heterocycles. The van der Waals surface area contributed by atoms with E-state index in [0.717, 1.165) is 57.8 Å². The van der Waals surface area contributed by atoms with Gasteiger partial charge in [-0.15, -0.1) is 0 Å². The molecule has 0 aliphatic carbocycles. The van der Waals surface area contributed by atoms with E-state index in [2.05, 4.69) is 67.8 Å². The zero-order chi connectivity index (χ0) is 50.0. The number of carbonyl (C=O) groups excluding carboxylic acids is 2. The smallest absolute Gasteiger partial charge is 0.305 e. The van der Waals surface area contributed by atoms with E-state index in [9.17, 15) is 19.8 Å². The molecule has 0 bridgehead atoms. The topological polar surface area (TPSA) is 95.9 Å². The van der Waals surface area contributed by atoms with Crippen LogP contribution in [0.2, 0.25) is 0 Å². The molecule has 1 amide bonds. The lowest BCUT2D eigenvalue weighted by molar-refractivity contribution is -0.143. The van der Waals surface area contributed by atoms with Gasteiger partial charge in [0, 0.05) is 12.8 Å². The van der Waals surface area contributed by atoms with Gasteiger partial charge in [0.05, 0.1) is 25.4 Å². The second-order valence-electron chi connectivity index (χ2n) is 20.3. The minimum atomic E-state index is -0.846. The first-order valence-corrected chi connectivity index (χ1v) is 30.1. The van der Waals surface area contributed by atoms with Gasteiger partial charge in [-0.05, 0) is 89.9 Å². The lowest BCUT2D eigenvalue weighted by Crippen LogP contribution is -2.45. The molecule has 0 spiro atoms. The summed E-state index contributed by atoms with van der Waals surface area (Å²) in [6, 6.07) is -0.630. The molecule has 3 N–H and O–H groups in total. The quantitative estimate of drug-likeness (QED) is 0.0321. The highest BCUT2D eigenvalue weighted by Crippen LogP contribution is 2.16. The number of amides is 1. The van der Waals surface area contributed by atoms with E-state index >= 15 is 0 Å². The number of allylic oxidation sites excluding steroid dienone is 9. The van der Waals surface area contributed by atoms with Gasteiger partial charge in [-0.3, -0.25) is 9.59 Å². The molecule has 69 heavy (non-hydrogen) atoms. The molecular formula is C63H115NO5. The third-order valence-electron chi connectivity index (χ3n) is 13.5. The van der Waals surface area contributed by atoms with Gasteiger partial charge in [-0.25, -0.2) is 0 Å². The molecule has 0 aromatic heterocycles. The number of ether oxygens (including phenoxy) is 1. The van der Waals surface area contributed by atoms with E-state index in [-0.39, 0.29) is 18.5 Å². The van der Waals surface area contributed by atoms with Crippen LogP contribution in [0.25, 0.3) is 0 Å². The highest BCUT2D eigenvalue weighted by atomic mass is 16.5. The molecule has 0 aliphatic heterocycles. The number of nitrogens with one attached hydrogen (secondary N) is 1. The van der Waals surface area contributed by atoms with Crippen LogP contribution < -0.4 is 5.32 Å². The molecule has 0 heterocycles.